The van der Waals surface area contributed by atoms with Crippen molar-refractivity contribution in [2.24, 2.45) is 5.92 Å². The van der Waals surface area contributed by atoms with Gasteiger partial charge in [0.15, 0.2) is 0 Å². The summed E-state index contributed by atoms with van der Waals surface area (Å²) >= 11 is 0. The van der Waals surface area contributed by atoms with E-state index in [0.29, 0.717) is 0 Å². The first-order valence-corrected chi connectivity index (χ1v) is 6.84. The molecule has 0 unspecified atom stereocenters. The van der Waals surface area contributed by atoms with Gasteiger partial charge in [-0.2, -0.15) is 0 Å². The second-order valence-corrected chi connectivity index (χ2v) is 4.08. The molecule has 0 aliphatic rings. The maximum atomic E-state index is 3.92. The van der Waals surface area contributed by atoms with Crippen molar-refractivity contribution in [1.29, 1.82) is 0 Å². The molecule has 0 nitrogen and oxygen atoms in total. The highest BCUT2D eigenvalue weighted by Gasteiger charge is 1.97. The monoisotopic (exact) mass is 234 g/mol. The molecule has 0 atom stereocenters. The minimum Gasteiger partial charge on any atom is -0.0955 e. The molecule has 0 aromatic heterocycles. The van der Waals surface area contributed by atoms with E-state index >= 15 is 0 Å². The Hall–Kier alpha value is -1.04. The van der Waals surface area contributed by atoms with Crippen LogP contribution in [0.15, 0.2) is 30.8 Å². The van der Waals surface area contributed by atoms with E-state index in [1.54, 1.807) is 0 Å². The zero-order valence-electron chi connectivity index (χ0n) is 12.8. The van der Waals surface area contributed by atoms with E-state index in [2.05, 4.69) is 44.7 Å². The summed E-state index contributed by atoms with van der Waals surface area (Å²) in [5.74, 6) is 0.732. The Balaban J connectivity index is 0. The Morgan fingerprint density at radius 3 is 1.71 bits per heavy atom. The summed E-state index contributed by atoms with van der Waals surface area (Å²) in [6, 6.07) is 8.70. The van der Waals surface area contributed by atoms with Gasteiger partial charge in [0.05, 0.1) is 0 Å². The summed E-state index contributed by atoms with van der Waals surface area (Å²) in [5, 5.41) is 0. The van der Waals surface area contributed by atoms with Crippen LogP contribution in [0, 0.1) is 5.92 Å². The fraction of sp³-hybridized carbons (Fsp3) is 0.529. The normalized spacial score (nSPS) is 8.71. The molecule has 98 valence electrons. The SMILES string of the molecule is C=C(C)c1ccc(CC(C)C)cc1.CC.CC. The molecular formula is C17H30. The van der Waals surface area contributed by atoms with Gasteiger partial charge in [0, 0.05) is 0 Å². The Bertz CT molecular complexity index is 277. The lowest BCUT2D eigenvalue weighted by molar-refractivity contribution is 0.647. The number of hydrogen-bond acceptors (Lipinski definition) is 0. The van der Waals surface area contributed by atoms with E-state index in [1.165, 1.54) is 11.1 Å². The van der Waals surface area contributed by atoms with Crippen molar-refractivity contribution in [3.63, 3.8) is 0 Å². The molecule has 0 bridgehead atoms. The zero-order valence-corrected chi connectivity index (χ0v) is 12.8. The van der Waals surface area contributed by atoms with Crippen molar-refractivity contribution in [2.45, 2.75) is 54.9 Å². The molecule has 0 fully saturated rings. The first kappa shape index (κ1) is 18.3. The Morgan fingerprint density at radius 1 is 1.00 bits per heavy atom. The lowest BCUT2D eigenvalue weighted by Gasteiger charge is -2.05. The molecular weight excluding hydrogens is 204 g/mol. The average Bonchev–Trinajstić information content (AvgIpc) is 2.34. The third kappa shape index (κ3) is 8.74. The van der Waals surface area contributed by atoms with Crippen LogP contribution in [0.5, 0.6) is 0 Å². The Morgan fingerprint density at radius 2 is 1.41 bits per heavy atom. The third-order valence-corrected chi connectivity index (χ3v) is 2.09. The molecule has 0 N–H and O–H groups in total. The van der Waals surface area contributed by atoms with Crippen LogP contribution in [-0.2, 0) is 6.42 Å². The highest BCUT2D eigenvalue weighted by atomic mass is 14.0. The minimum atomic E-state index is 0.732. The van der Waals surface area contributed by atoms with Crippen LogP contribution in [0.1, 0.15) is 59.6 Å². The molecule has 0 radical (unpaired) electrons. The molecule has 1 aromatic rings. The molecule has 0 heteroatoms. The van der Waals surface area contributed by atoms with Gasteiger partial charge in [-0.3, -0.25) is 0 Å². The summed E-state index contributed by atoms with van der Waals surface area (Å²) in [6.45, 7) is 18.4. The number of hydrogen-bond donors (Lipinski definition) is 0. The molecule has 0 spiro atoms. The fourth-order valence-corrected chi connectivity index (χ4v) is 1.40. The van der Waals surface area contributed by atoms with Crippen molar-refractivity contribution in [3.8, 4) is 0 Å². The zero-order chi connectivity index (χ0) is 13.8. The smallest absolute Gasteiger partial charge is 0.0233 e. The van der Waals surface area contributed by atoms with Crippen molar-refractivity contribution in [1.82, 2.24) is 0 Å². The molecule has 0 aliphatic carbocycles. The van der Waals surface area contributed by atoms with E-state index in [4.69, 9.17) is 0 Å². The second kappa shape index (κ2) is 11.4. The van der Waals surface area contributed by atoms with Crippen molar-refractivity contribution < 1.29 is 0 Å². The molecule has 0 saturated carbocycles. The van der Waals surface area contributed by atoms with Gasteiger partial charge in [-0.1, -0.05) is 78.0 Å². The standard InChI is InChI=1S/C13H18.2C2H6/c1-10(2)9-12-5-7-13(8-6-12)11(3)4;2*1-2/h5-8,10H,3,9H2,1-2,4H3;2*1-2H3. The summed E-state index contributed by atoms with van der Waals surface area (Å²) in [6.07, 6.45) is 1.16. The van der Waals surface area contributed by atoms with E-state index in [1.807, 2.05) is 34.6 Å². The Labute approximate surface area is 109 Å². The second-order valence-electron chi connectivity index (χ2n) is 4.08. The molecule has 0 saturated heterocycles. The molecule has 0 amide bonds. The molecule has 1 rings (SSSR count). The summed E-state index contributed by atoms with van der Waals surface area (Å²) < 4.78 is 0. The van der Waals surface area contributed by atoms with Crippen LogP contribution in [0.3, 0.4) is 0 Å². The first-order valence-electron chi connectivity index (χ1n) is 6.84. The first-order chi connectivity index (χ1) is 8.09. The Kier molecular flexibility index (Phi) is 12.3. The van der Waals surface area contributed by atoms with Crippen LogP contribution < -0.4 is 0 Å². The summed E-state index contributed by atoms with van der Waals surface area (Å²) in [4.78, 5) is 0. The number of rotatable bonds is 3. The van der Waals surface area contributed by atoms with Gasteiger partial charge in [-0.15, -0.1) is 0 Å². The highest BCUT2D eigenvalue weighted by molar-refractivity contribution is 5.61. The van der Waals surface area contributed by atoms with E-state index in [0.717, 1.165) is 17.9 Å². The van der Waals surface area contributed by atoms with Gasteiger partial charge in [-0.25, -0.2) is 0 Å². The lowest BCUT2D eigenvalue weighted by atomic mass is 10.0. The van der Waals surface area contributed by atoms with Crippen LogP contribution in [0.25, 0.3) is 5.57 Å². The number of benzene rings is 1. The van der Waals surface area contributed by atoms with E-state index in [9.17, 15) is 0 Å². The highest BCUT2D eigenvalue weighted by Crippen LogP contribution is 2.14. The quantitative estimate of drug-likeness (QED) is 0.604. The molecule has 0 heterocycles. The summed E-state index contributed by atoms with van der Waals surface area (Å²) in [5.41, 5.74) is 3.80. The van der Waals surface area contributed by atoms with E-state index in [-0.39, 0.29) is 0 Å². The fourth-order valence-electron chi connectivity index (χ4n) is 1.40. The van der Waals surface area contributed by atoms with Crippen LogP contribution in [0.2, 0.25) is 0 Å². The van der Waals surface area contributed by atoms with Gasteiger partial charge in [0.1, 0.15) is 0 Å². The predicted octanol–water partition coefficient (Wildman–Crippen LogP) is 5.97. The number of allylic oxidation sites excluding steroid dienone is 1. The van der Waals surface area contributed by atoms with Gasteiger partial charge in [-0.05, 0) is 30.4 Å². The lowest BCUT2D eigenvalue weighted by Crippen LogP contribution is -1.93. The third-order valence-electron chi connectivity index (χ3n) is 2.09. The van der Waals surface area contributed by atoms with Gasteiger partial charge < -0.3 is 0 Å². The molecule has 17 heavy (non-hydrogen) atoms. The van der Waals surface area contributed by atoms with Crippen LogP contribution >= 0.6 is 0 Å². The van der Waals surface area contributed by atoms with Gasteiger partial charge >= 0.3 is 0 Å². The van der Waals surface area contributed by atoms with Crippen LogP contribution in [0.4, 0.5) is 0 Å². The summed E-state index contributed by atoms with van der Waals surface area (Å²) in [7, 11) is 0. The maximum absolute atomic E-state index is 3.92. The largest absolute Gasteiger partial charge is 0.0955 e. The molecule has 1 aromatic carbocycles. The van der Waals surface area contributed by atoms with Crippen molar-refractivity contribution in [2.75, 3.05) is 0 Å². The van der Waals surface area contributed by atoms with Crippen molar-refractivity contribution >= 4 is 5.57 Å². The maximum Gasteiger partial charge on any atom is -0.0233 e. The average molecular weight is 234 g/mol. The molecule has 0 aliphatic heterocycles. The minimum absolute atomic E-state index is 0.732. The van der Waals surface area contributed by atoms with Crippen molar-refractivity contribution in [3.05, 3.63) is 42.0 Å². The topological polar surface area (TPSA) is 0 Å². The van der Waals surface area contributed by atoms with E-state index < -0.39 is 0 Å². The van der Waals surface area contributed by atoms with Gasteiger partial charge in [0.25, 0.3) is 0 Å². The predicted molar refractivity (Wildman–Crippen MR) is 82.4 cm³/mol. The van der Waals surface area contributed by atoms with Gasteiger partial charge in [0.2, 0.25) is 0 Å². The van der Waals surface area contributed by atoms with Crippen LogP contribution in [-0.4, -0.2) is 0 Å².